The maximum atomic E-state index is 14.0. The van der Waals surface area contributed by atoms with Gasteiger partial charge in [0.15, 0.2) is 0 Å². The number of likely N-dealkylation sites (tertiary alicyclic amines) is 1. The maximum absolute atomic E-state index is 14.0. The Labute approximate surface area is 160 Å². The van der Waals surface area contributed by atoms with Crippen LogP contribution in [0.5, 0.6) is 0 Å². The van der Waals surface area contributed by atoms with E-state index in [0.29, 0.717) is 17.0 Å². The summed E-state index contributed by atoms with van der Waals surface area (Å²) in [5, 5.41) is 14.9. The van der Waals surface area contributed by atoms with Crippen LogP contribution in [0.2, 0.25) is 0 Å². The fourth-order valence-corrected chi connectivity index (χ4v) is 3.57. The van der Waals surface area contributed by atoms with Crippen LogP contribution in [-0.2, 0) is 5.60 Å². The molecule has 0 aromatic carbocycles. The van der Waals surface area contributed by atoms with E-state index in [4.69, 9.17) is 4.52 Å². The lowest BCUT2D eigenvalue weighted by atomic mass is 9.85. The highest BCUT2D eigenvalue weighted by molar-refractivity contribution is 6.00. The quantitative estimate of drug-likeness (QED) is 0.700. The van der Waals surface area contributed by atoms with Gasteiger partial charge in [0, 0.05) is 42.8 Å². The lowest BCUT2D eigenvalue weighted by Crippen LogP contribution is -2.45. The summed E-state index contributed by atoms with van der Waals surface area (Å²) in [5.74, 6) is -0.477. The van der Waals surface area contributed by atoms with Gasteiger partial charge in [-0.15, -0.1) is 0 Å². The molecule has 4 rings (SSSR count). The van der Waals surface area contributed by atoms with Crippen LogP contribution in [0, 0.1) is 12.9 Å². The molecule has 1 amide bonds. The minimum atomic E-state index is -1.34. The van der Waals surface area contributed by atoms with Crippen molar-refractivity contribution in [2.45, 2.75) is 25.4 Å². The molecule has 7 nitrogen and oxygen atoms in total. The van der Waals surface area contributed by atoms with E-state index >= 15 is 0 Å². The van der Waals surface area contributed by atoms with E-state index in [9.17, 15) is 14.3 Å². The van der Waals surface area contributed by atoms with Gasteiger partial charge in [0.1, 0.15) is 17.0 Å². The molecule has 8 heteroatoms. The molecule has 28 heavy (non-hydrogen) atoms. The van der Waals surface area contributed by atoms with Crippen LogP contribution in [0.15, 0.2) is 47.4 Å². The third-order valence-electron chi connectivity index (χ3n) is 5.17. The summed E-state index contributed by atoms with van der Waals surface area (Å²) in [6.07, 6.45) is 5.02. The number of piperidine rings is 1. The molecule has 4 heterocycles. The smallest absolute Gasteiger partial charge is 0.259 e. The van der Waals surface area contributed by atoms with Gasteiger partial charge in [-0.05, 0) is 38.0 Å². The second kappa shape index (κ2) is 7.12. The second-order valence-electron chi connectivity index (χ2n) is 6.86. The zero-order valence-electron chi connectivity index (χ0n) is 15.3. The zero-order valence-corrected chi connectivity index (χ0v) is 15.3. The summed E-state index contributed by atoms with van der Waals surface area (Å²) in [6.45, 7) is 2.25. The molecule has 1 saturated heterocycles. The minimum absolute atomic E-state index is 0.167. The lowest BCUT2D eigenvalue weighted by Gasteiger charge is -2.38. The van der Waals surface area contributed by atoms with Crippen LogP contribution in [0.4, 0.5) is 4.39 Å². The van der Waals surface area contributed by atoms with Crippen molar-refractivity contribution >= 4 is 5.91 Å². The molecular weight excluding hydrogens is 363 g/mol. The number of carbonyl (C=O) groups is 1. The van der Waals surface area contributed by atoms with Gasteiger partial charge in [0.25, 0.3) is 5.91 Å². The Morgan fingerprint density at radius 1 is 1.21 bits per heavy atom. The van der Waals surface area contributed by atoms with Crippen molar-refractivity contribution in [3.63, 3.8) is 0 Å². The number of aromatic nitrogens is 3. The van der Waals surface area contributed by atoms with Crippen molar-refractivity contribution in [1.29, 1.82) is 0 Å². The second-order valence-corrected chi connectivity index (χ2v) is 6.86. The average Bonchev–Trinajstić information content (AvgIpc) is 3.10. The molecule has 1 N–H and O–H groups in total. The van der Waals surface area contributed by atoms with Crippen LogP contribution >= 0.6 is 0 Å². The molecule has 0 aliphatic carbocycles. The number of amides is 1. The van der Waals surface area contributed by atoms with E-state index in [-0.39, 0.29) is 37.4 Å². The largest absolute Gasteiger partial charge is 0.385 e. The van der Waals surface area contributed by atoms with Gasteiger partial charge in [-0.2, -0.15) is 4.39 Å². The SMILES string of the molecule is Cc1onc(-c2ccncc2)c1C(=O)N1CCC(O)(c2cccnc2F)CC1. The molecule has 0 bridgehead atoms. The van der Waals surface area contributed by atoms with Crippen LogP contribution in [-0.4, -0.2) is 44.1 Å². The fourth-order valence-electron chi connectivity index (χ4n) is 3.57. The van der Waals surface area contributed by atoms with Crippen LogP contribution < -0.4 is 0 Å². The van der Waals surface area contributed by atoms with Gasteiger partial charge < -0.3 is 14.5 Å². The number of aliphatic hydroxyl groups is 1. The van der Waals surface area contributed by atoms with Crippen LogP contribution in [0.3, 0.4) is 0 Å². The number of hydrogen-bond donors (Lipinski definition) is 1. The first-order valence-electron chi connectivity index (χ1n) is 8.99. The van der Waals surface area contributed by atoms with Crippen molar-refractivity contribution in [2.24, 2.45) is 0 Å². The van der Waals surface area contributed by atoms with E-state index in [0.717, 1.165) is 5.56 Å². The summed E-state index contributed by atoms with van der Waals surface area (Å²) in [5.41, 5.74) is 0.419. The van der Waals surface area contributed by atoms with Gasteiger partial charge in [0.2, 0.25) is 5.95 Å². The van der Waals surface area contributed by atoms with Gasteiger partial charge in [-0.3, -0.25) is 9.78 Å². The first-order valence-corrected chi connectivity index (χ1v) is 8.99. The third kappa shape index (κ3) is 3.16. The number of nitrogens with zero attached hydrogens (tertiary/aromatic N) is 4. The van der Waals surface area contributed by atoms with E-state index in [1.54, 1.807) is 42.4 Å². The molecule has 1 fully saturated rings. The summed E-state index contributed by atoms with van der Waals surface area (Å²) < 4.78 is 19.3. The van der Waals surface area contributed by atoms with Gasteiger partial charge in [-0.1, -0.05) is 11.2 Å². The molecule has 3 aromatic rings. The zero-order chi connectivity index (χ0) is 19.7. The van der Waals surface area contributed by atoms with Crippen molar-refractivity contribution in [3.05, 3.63) is 65.7 Å². The number of halogens is 1. The molecule has 3 aromatic heterocycles. The highest BCUT2D eigenvalue weighted by Crippen LogP contribution is 2.35. The van der Waals surface area contributed by atoms with E-state index in [1.165, 1.54) is 12.3 Å². The molecule has 144 valence electrons. The molecular formula is C20H19FN4O3. The number of rotatable bonds is 3. The van der Waals surface area contributed by atoms with Crippen molar-refractivity contribution in [3.8, 4) is 11.3 Å². The van der Waals surface area contributed by atoms with Crippen molar-refractivity contribution in [2.75, 3.05) is 13.1 Å². The predicted molar refractivity (Wildman–Crippen MR) is 97.7 cm³/mol. The highest BCUT2D eigenvalue weighted by atomic mass is 19.1. The molecule has 0 radical (unpaired) electrons. The molecule has 0 atom stereocenters. The molecule has 0 unspecified atom stereocenters. The Morgan fingerprint density at radius 3 is 2.61 bits per heavy atom. The monoisotopic (exact) mass is 382 g/mol. The summed E-state index contributed by atoms with van der Waals surface area (Å²) in [7, 11) is 0. The first kappa shape index (κ1) is 18.2. The first-order chi connectivity index (χ1) is 13.5. The Morgan fingerprint density at radius 2 is 1.93 bits per heavy atom. The van der Waals surface area contributed by atoms with E-state index < -0.39 is 11.5 Å². The normalized spacial score (nSPS) is 16.2. The molecule has 1 aliphatic rings. The maximum Gasteiger partial charge on any atom is 0.259 e. The lowest BCUT2D eigenvalue weighted by molar-refractivity contribution is -0.0241. The minimum Gasteiger partial charge on any atom is -0.385 e. The van der Waals surface area contributed by atoms with Crippen molar-refractivity contribution < 1.29 is 18.8 Å². The highest BCUT2D eigenvalue weighted by Gasteiger charge is 2.39. The van der Waals surface area contributed by atoms with E-state index in [2.05, 4.69) is 15.1 Å². The number of carbonyl (C=O) groups excluding carboxylic acids is 1. The van der Waals surface area contributed by atoms with Gasteiger partial charge in [-0.25, -0.2) is 4.98 Å². The van der Waals surface area contributed by atoms with Gasteiger partial charge >= 0.3 is 0 Å². The molecule has 0 saturated carbocycles. The summed E-state index contributed by atoms with van der Waals surface area (Å²) in [6, 6.07) is 6.64. The fraction of sp³-hybridized carbons (Fsp3) is 0.300. The Hall–Kier alpha value is -3.13. The summed E-state index contributed by atoms with van der Waals surface area (Å²) in [4.78, 5) is 22.4. The Balaban J connectivity index is 1.56. The van der Waals surface area contributed by atoms with Gasteiger partial charge in [0.05, 0.1) is 5.60 Å². The Kier molecular flexibility index (Phi) is 4.64. The van der Waals surface area contributed by atoms with Crippen molar-refractivity contribution in [1.82, 2.24) is 20.0 Å². The standard InChI is InChI=1S/C20H19FN4O3/c1-13-16(17(24-28-13)14-4-9-22-10-5-14)19(26)25-11-6-20(27,7-12-25)15-3-2-8-23-18(15)21/h2-5,8-10,27H,6-7,11-12H2,1H3. The molecule has 0 spiro atoms. The topological polar surface area (TPSA) is 92.4 Å². The average molecular weight is 382 g/mol. The Bertz CT molecular complexity index is 998. The van der Waals surface area contributed by atoms with E-state index in [1.807, 2.05) is 0 Å². The third-order valence-corrected chi connectivity index (χ3v) is 5.17. The van der Waals surface area contributed by atoms with Crippen LogP contribution in [0.25, 0.3) is 11.3 Å². The predicted octanol–water partition coefficient (Wildman–Crippen LogP) is 2.70. The van der Waals surface area contributed by atoms with Crippen LogP contribution in [0.1, 0.15) is 34.5 Å². The number of aryl methyl sites for hydroxylation is 1. The molecule has 1 aliphatic heterocycles. The number of hydrogen-bond acceptors (Lipinski definition) is 6. The number of pyridine rings is 2. The summed E-state index contributed by atoms with van der Waals surface area (Å²) >= 11 is 0.